The summed E-state index contributed by atoms with van der Waals surface area (Å²) < 4.78 is 11.3. The molecule has 39 heavy (non-hydrogen) atoms. The smallest absolute Gasteiger partial charge is 0.270 e. The van der Waals surface area contributed by atoms with Crippen LogP contribution in [0.15, 0.2) is 54.6 Å². The van der Waals surface area contributed by atoms with Gasteiger partial charge in [-0.3, -0.25) is 4.79 Å². The van der Waals surface area contributed by atoms with Crippen LogP contribution in [0.2, 0.25) is 5.02 Å². The van der Waals surface area contributed by atoms with Crippen molar-refractivity contribution in [3.63, 3.8) is 0 Å². The van der Waals surface area contributed by atoms with E-state index in [2.05, 4.69) is 50.0 Å². The zero-order valence-corrected chi connectivity index (χ0v) is 25.1. The monoisotopic (exact) mass is 551 g/mol. The Kier molecular flexibility index (Phi) is 10.9. The van der Waals surface area contributed by atoms with Crippen LogP contribution in [0.5, 0.6) is 5.75 Å². The van der Waals surface area contributed by atoms with Crippen LogP contribution < -0.4 is 10.1 Å². The minimum absolute atomic E-state index is 0.0658. The molecule has 0 aliphatic heterocycles. The van der Waals surface area contributed by atoms with Crippen molar-refractivity contribution in [3.8, 4) is 28.1 Å². The van der Waals surface area contributed by atoms with Crippen LogP contribution in [0, 0.1) is 12.3 Å². The lowest BCUT2D eigenvalue weighted by atomic mass is 9.85. The Labute approximate surface area is 238 Å². The standard InChI is InChI=1S/C32H42ClN3O3/c1-22-11-8-9-12-24(22)25-14-16-27(31(37)35-29(17-20-38-7)32(2,3)4)34-30(25)23-13-15-26(33)28(21-23)39-19-10-18-36(5)6/h8-9,11-16,21,29H,10,17-20H2,1-7H3,(H,35,37)/t29-/m0/s1. The molecule has 6 nitrogen and oxygen atoms in total. The minimum Gasteiger partial charge on any atom is -0.492 e. The molecule has 1 heterocycles. The summed E-state index contributed by atoms with van der Waals surface area (Å²) in [6.45, 7) is 10.5. The van der Waals surface area contributed by atoms with Gasteiger partial charge in [-0.05, 0) is 74.7 Å². The summed E-state index contributed by atoms with van der Waals surface area (Å²) in [7, 11) is 5.75. The van der Waals surface area contributed by atoms with Gasteiger partial charge >= 0.3 is 0 Å². The van der Waals surface area contributed by atoms with E-state index in [4.69, 9.17) is 26.1 Å². The molecular weight excluding hydrogens is 510 g/mol. The number of carbonyl (C=O) groups excluding carboxylic acids is 1. The Balaban J connectivity index is 2.02. The first-order valence-electron chi connectivity index (χ1n) is 13.5. The molecule has 0 bridgehead atoms. The number of hydrogen-bond acceptors (Lipinski definition) is 5. The topological polar surface area (TPSA) is 63.7 Å². The van der Waals surface area contributed by atoms with Crippen molar-refractivity contribution in [2.24, 2.45) is 5.41 Å². The quantitative estimate of drug-likeness (QED) is 0.248. The third kappa shape index (κ3) is 8.53. The molecular formula is C32H42ClN3O3. The molecule has 1 amide bonds. The fourth-order valence-electron chi connectivity index (χ4n) is 4.41. The second-order valence-electron chi connectivity index (χ2n) is 11.2. The van der Waals surface area contributed by atoms with Gasteiger partial charge in [0.25, 0.3) is 5.91 Å². The molecule has 1 N–H and O–H groups in total. The Hall–Kier alpha value is -2.93. The number of rotatable bonds is 12. The normalized spacial score (nSPS) is 12.4. The number of nitrogens with zero attached hydrogens (tertiary/aromatic N) is 2. The fraction of sp³-hybridized carbons (Fsp3) is 0.438. The first-order valence-corrected chi connectivity index (χ1v) is 13.8. The summed E-state index contributed by atoms with van der Waals surface area (Å²) in [4.78, 5) is 20.5. The largest absolute Gasteiger partial charge is 0.492 e. The van der Waals surface area contributed by atoms with Crippen LogP contribution in [-0.4, -0.2) is 62.8 Å². The Bertz CT molecular complexity index is 1250. The molecule has 0 unspecified atom stereocenters. The van der Waals surface area contributed by atoms with E-state index in [1.54, 1.807) is 13.2 Å². The summed E-state index contributed by atoms with van der Waals surface area (Å²) >= 11 is 6.50. The molecule has 3 aromatic rings. The average molecular weight is 552 g/mol. The highest BCUT2D eigenvalue weighted by Crippen LogP contribution is 2.36. The van der Waals surface area contributed by atoms with E-state index in [-0.39, 0.29) is 17.4 Å². The van der Waals surface area contributed by atoms with Crippen LogP contribution in [0.25, 0.3) is 22.4 Å². The number of nitrogens with one attached hydrogen (secondary N) is 1. The van der Waals surface area contributed by atoms with Crippen LogP contribution in [0.4, 0.5) is 0 Å². The predicted molar refractivity (Wildman–Crippen MR) is 161 cm³/mol. The molecule has 0 saturated carbocycles. The average Bonchev–Trinajstić information content (AvgIpc) is 2.89. The number of aromatic nitrogens is 1. The molecule has 1 atom stereocenters. The lowest BCUT2D eigenvalue weighted by Crippen LogP contribution is -2.44. The second kappa shape index (κ2) is 13.9. The molecule has 0 spiro atoms. The molecule has 2 aromatic carbocycles. The van der Waals surface area contributed by atoms with Crippen molar-refractivity contribution >= 4 is 17.5 Å². The summed E-state index contributed by atoms with van der Waals surface area (Å²) in [5, 5.41) is 3.73. The Morgan fingerprint density at radius 2 is 1.79 bits per heavy atom. The van der Waals surface area contributed by atoms with Crippen molar-refractivity contribution < 1.29 is 14.3 Å². The van der Waals surface area contributed by atoms with E-state index in [1.807, 2.05) is 50.5 Å². The highest BCUT2D eigenvalue weighted by atomic mass is 35.5. The molecule has 0 aliphatic rings. The van der Waals surface area contributed by atoms with E-state index >= 15 is 0 Å². The SMILES string of the molecule is COCC[C@H](NC(=O)c1ccc(-c2ccccc2C)c(-c2ccc(Cl)c(OCCCN(C)C)c2)n1)C(C)(C)C. The molecule has 1 aromatic heterocycles. The first-order chi connectivity index (χ1) is 18.5. The number of hydrogen-bond donors (Lipinski definition) is 1. The van der Waals surface area contributed by atoms with Crippen molar-refractivity contribution in [1.82, 2.24) is 15.2 Å². The Morgan fingerprint density at radius 1 is 1.05 bits per heavy atom. The lowest BCUT2D eigenvalue weighted by Gasteiger charge is -2.31. The van der Waals surface area contributed by atoms with Gasteiger partial charge in [0.2, 0.25) is 0 Å². The summed E-state index contributed by atoms with van der Waals surface area (Å²) in [5.74, 6) is 0.394. The Morgan fingerprint density at radius 3 is 2.46 bits per heavy atom. The van der Waals surface area contributed by atoms with Gasteiger partial charge in [-0.2, -0.15) is 0 Å². The van der Waals surface area contributed by atoms with Crippen molar-refractivity contribution in [2.45, 2.75) is 46.6 Å². The molecule has 0 saturated heterocycles. The highest BCUT2D eigenvalue weighted by Gasteiger charge is 2.27. The van der Waals surface area contributed by atoms with Crippen molar-refractivity contribution in [2.75, 3.05) is 41.0 Å². The maximum atomic E-state index is 13.4. The third-order valence-corrected chi connectivity index (χ3v) is 7.05. The van der Waals surface area contributed by atoms with Gasteiger partial charge in [0, 0.05) is 37.4 Å². The van der Waals surface area contributed by atoms with E-state index in [0.29, 0.717) is 41.8 Å². The summed E-state index contributed by atoms with van der Waals surface area (Å²) in [5.41, 5.74) is 4.89. The van der Waals surface area contributed by atoms with Gasteiger partial charge in [-0.1, -0.05) is 62.7 Å². The molecule has 0 radical (unpaired) electrons. The maximum absolute atomic E-state index is 13.4. The van der Waals surface area contributed by atoms with Crippen molar-refractivity contribution in [1.29, 1.82) is 0 Å². The zero-order valence-electron chi connectivity index (χ0n) is 24.3. The molecule has 3 rings (SSSR count). The van der Waals surface area contributed by atoms with Gasteiger partial charge in [0.15, 0.2) is 0 Å². The summed E-state index contributed by atoms with van der Waals surface area (Å²) in [6, 6.07) is 17.6. The van der Waals surface area contributed by atoms with E-state index in [9.17, 15) is 4.79 Å². The minimum atomic E-state index is -0.210. The number of halogens is 1. The number of pyridine rings is 1. The van der Waals surface area contributed by atoms with Crippen LogP contribution in [0.1, 0.15) is 49.7 Å². The molecule has 7 heteroatoms. The zero-order chi connectivity index (χ0) is 28.6. The van der Waals surface area contributed by atoms with Gasteiger partial charge in [-0.15, -0.1) is 0 Å². The van der Waals surface area contributed by atoms with Crippen LogP contribution >= 0.6 is 11.6 Å². The number of methoxy groups -OCH3 is 1. The number of amides is 1. The van der Waals surface area contributed by atoms with Gasteiger partial charge in [-0.25, -0.2) is 4.98 Å². The molecule has 0 fully saturated rings. The highest BCUT2D eigenvalue weighted by molar-refractivity contribution is 6.32. The number of benzene rings is 2. The van der Waals surface area contributed by atoms with Gasteiger partial charge < -0.3 is 19.7 Å². The third-order valence-electron chi connectivity index (χ3n) is 6.74. The number of carbonyl (C=O) groups is 1. The lowest BCUT2D eigenvalue weighted by molar-refractivity contribution is 0.0866. The van der Waals surface area contributed by atoms with E-state index in [0.717, 1.165) is 35.2 Å². The number of aryl methyl sites for hydroxylation is 1. The fourth-order valence-corrected chi connectivity index (χ4v) is 4.58. The van der Waals surface area contributed by atoms with E-state index < -0.39 is 0 Å². The van der Waals surface area contributed by atoms with Crippen molar-refractivity contribution in [3.05, 3.63) is 70.9 Å². The van der Waals surface area contributed by atoms with Gasteiger partial charge in [0.1, 0.15) is 11.4 Å². The van der Waals surface area contributed by atoms with E-state index in [1.165, 1.54) is 0 Å². The predicted octanol–water partition coefficient (Wildman–Crippen LogP) is 6.89. The number of ether oxygens (including phenoxy) is 2. The summed E-state index contributed by atoms with van der Waals surface area (Å²) in [6.07, 6.45) is 1.60. The maximum Gasteiger partial charge on any atom is 0.270 e. The first kappa shape index (κ1) is 30.6. The van der Waals surface area contributed by atoms with Crippen LogP contribution in [0.3, 0.4) is 0 Å². The van der Waals surface area contributed by atoms with Gasteiger partial charge in [0.05, 0.1) is 17.3 Å². The molecule has 210 valence electrons. The van der Waals surface area contributed by atoms with Crippen LogP contribution in [-0.2, 0) is 4.74 Å². The second-order valence-corrected chi connectivity index (χ2v) is 11.6. The molecule has 0 aliphatic carbocycles.